The number of rotatable bonds is 1. The molecular weight excluding hydrogens is 262 g/mol. The first kappa shape index (κ1) is 10.7. The second-order valence-corrected chi connectivity index (χ2v) is 4.41. The standard InChI is InChI=1S/C9H8ClN5OS/c10-5-1-2-6-7(14-17-13-6)8(5)15(16)9-11-3-4-12-9/h1-2,16H,3-4H2,(H,11,12). The SMILES string of the molecule is ON(C1=NCCN1)c1c(Cl)ccc2nsnc12. The number of hydrogen-bond acceptors (Lipinski definition) is 7. The van der Waals surface area contributed by atoms with E-state index in [1.54, 1.807) is 12.1 Å². The van der Waals surface area contributed by atoms with E-state index in [4.69, 9.17) is 11.6 Å². The number of aromatic nitrogens is 2. The van der Waals surface area contributed by atoms with Gasteiger partial charge in [-0.25, -0.2) is 4.99 Å². The van der Waals surface area contributed by atoms with E-state index in [9.17, 15) is 5.21 Å². The van der Waals surface area contributed by atoms with Crippen molar-refractivity contribution in [1.29, 1.82) is 0 Å². The number of anilines is 1. The van der Waals surface area contributed by atoms with Gasteiger partial charge >= 0.3 is 0 Å². The lowest BCUT2D eigenvalue weighted by atomic mass is 10.2. The summed E-state index contributed by atoms with van der Waals surface area (Å²) in [6, 6.07) is 3.45. The van der Waals surface area contributed by atoms with Gasteiger partial charge in [-0.15, -0.1) is 0 Å². The Morgan fingerprint density at radius 3 is 3.06 bits per heavy atom. The Kier molecular flexibility index (Phi) is 2.58. The lowest BCUT2D eigenvalue weighted by Gasteiger charge is -2.17. The molecule has 0 aliphatic carbocycles. The maximum Gasteiger partial charge on any atom is 0.223 e. The number of aliphatic imine (C=N–C) groups is 1. The zero-order valence-electron chi connectivity index (χ0n) is 8.59. The molecule has 6 nitrogen and oxygen atoms in total. The third-order valence-corrected chi connectivity index (χ3v) is 3.27. The molecule has 2 heterocycles. The number of guanidine groups is 1. The van der Waals surface area contributed by atoms with Crippen LogP contribution in [0.5, 0.6) is 0 Å². The third-order valence-electron chi connectivity index (χ3n) is 2.42. The molecule has 0 radical (unpaired) electrons. The molecule has 3 rings (SSSR count). The minimum Gasteiger partial charge on any atom is -0.352 e. The second-order valence-electron chi connectivity index (χ2n) is 3.47. The van der Waals surface area contributed by atoms with Gasteiger partial charge in [-0.05, 0) is 12.1 Å². The number of hydrogen-bond donors (Lipinski definition) is 2. The monoisotopic (exact) mass is 269 g/mol. The Labute approximate surface area is 106 Å². The first-order valence-electron chi connectivity index (χ1n) is 4.95. The summed E-state index contributed by atoms with van der Waals surface area (Å²) in [6.07, 6.45) is 0. The molecule has 1 aliphatic heterocycles. The minimum absolute atomic E-state index is 0.382. The number of halogens is 1. The van der Waals surface area contributed by atoms with Gasteiger partial charge in [0.1, 0.15) is 16.7 Å². The summed E-state index contributed by atoms with van der Waals surface area (Å²) in [6.45, 7) is 1.34. The maximum atomic E-state index is 10.1. The molecule has 2 aromatic rings. The second kappa shape index (κ2) is 4.10. The van der Waals surface area contributed by atoms with E-state index in [-0.39, 0.29) is 0 Å². The van der Waals surface area contributed by atoms with Crippen LogP contribution in [-0.2, 0) is 0 Å². The van der Waals surface area contributed by atoms with E-state index in [1.165, 1.54) is 0 Å². The molecule has 0 fully saturated rings. The Bertz CT molecular complexity index is 598. The number of benzene rings is 1. The van der Waals surface area contributed by atoms with Gasteiger partial charge in [-0.1, -0.05) is 11.6 Å². The molecule has 1 aliphatic rings. The Morgan fingerprint density at radius 2 is 2.29 bits per heavy atom. The molecule has 0 amide bonds. The normalized spacial score (nSPS) is 14.8. The summed E-state index contributed by atoms with van der Waals surface area (Å²) >= 11 is 7.16. The van der Waals surface area contributed by atoms with E-state index >= 15 is 0 Å². The van der Waals surface area contributed by atoms with E-state index in [2.05, 4.69) is 19.1 Å². The van der Waals surface area contributed by atoms with Crippen LogP contribution in [-0.4, -0.2) is 33.0 Å². The summed E-state index contributed by atoms with van der Waals surface area (Å²) in [5.74, 6) is 0.382. The fourth-order valence-corrected chi connectivity index (χ4v) is 2.42. The van der Waals surface area contributed by atoms with Crippen molar-refractivity contribution in [3.05, 3.63) is 17.2 Å². The largest absolute Gasteiger partial charge is 0.352 e. The van der Waals surface area contributed by atoms with Crippen LogP contribution in [0.3, 0.4) is 0 Å². The summed E-state index contributed by atoms with van der Waals surface area (Å²) in [5.41, 5.74) is 1.68. The minimum atomic E-state index is 0.382. The van der Waals surface area contributed by atoms with Crippen molar-refractivity contribution in [1.82, 2.24) is 14.1 Å². The van der Waals surface area contributed by atoms with Crippen molar-refractivity contribution < 1.29 is 5.21 Å². The van der Waals surface area contributed by atoms with Gasteiger partial charge in [0.05, 0.1) is 23.3 Å². The highest BCUT2D eigenvalue weighted by atomic mass is 35.5. The summed E-state index contributed by atoms with van der Waals surface area (Å²) in [4.78, 5) is 4.12. The van der Waals surface area contributed by atoms with Crippen LogP contribution >= 0.6 is 23.3 Å². The van der Waals surface area contributed by atoms with Gasteiger partial charge in [0, 0.05) is 6.54 Å². The van der Waals surface area contributed by atoms with Gasteiger partial charge in [-0.2, -0.15) is 13.8 Å². The third kappa shape index (κ3) is 1.72. The van der Waals surface area contributed by atoms with E-state index in [0.29, 0.717) is 40.8 Å². The zero-order chi connectivity index (χ0) is 11.8. The van der Waals surface area contributed by atoms with Crippen molar-refractivity contribution >= 4 is 46.0 Å². The highest BCUT2D eigenvalue weighted by Crippen LogP contribution is 2.32. The van der Waals surface area contributed by atoms with Gasteiger partial charge < -0.3 is 5.32 Å². The van der Waals surface area contributed by atoms with Crippen molar-refractivity contribution in [3.8, 4) is 0 Å². The fourth-order valence-electron chi connectivity index (χ4n) is 1.65. The first-order valence-corrected chi connectivity index (χ1v) is 6.06. The fraction of sp³-hybridized carbons (Fsp3) is 0.222. The lowest BCUT2D eigenvalue weighted by molar-refractivity contribution is 0.310. The highest BCUT2D eigenvalue weighted by molar-refractivity contribution is 7.00. The predicted octanol–water partition coefficient (Wildman–Crippen LogP) is 1.50. The van der Waals surface area contributed by atoms with Crippen LogP contribution in [0.4, 0.5) is 5.69 Å². The quantitative estimate of drug-likeness (QED) is 0.768. The summed E-state index contributed by atoms with van der Waals surface area (Å²) < 4.78 is 8.24. The Hall–Kier alpha value is -1.44. The zero-order valence-corrected chi connectivity index (χ0v) is 10.2. The molecule has 2 N–H and O–H groups in total. The van der Waals surface area contributed by atoms with Gasteiger partial charge in [0.25, 0.3) is 0 Å². The number of fused-ring (bicyclic) bond motifs is 1. The molecule has 0 saturated carbocycles. The first-order chi connectivity index (χ1) is 8.27. The molecular formula is C9H8ClN5OS. The van der Waals surface area contributed by atoms with Crippen LogP contribution in [0.15, 0.2) is 17.1 Å². The predicted molar refractivity (Wildman–Crippen MR) is 67.0 cm³/mol. The van der Waals surface area contributed by atoms with Crippen LogP contribution in [0.25, 0.3) is 11.0 Å². The number of nitrogens with one attached hydrogen (secondary N) is 1. The van der Waals surface area contributed by atoms with Crippen molar-refractivity contribution in [2.45, 2.75) is 0 Å². The summed E-state index contributed by atoms with van der Waals surface area (Å²) in [7, 11) is 0. The molecule has 1 aromatic heterocycles. The van der Waals surface area contributed by atoms with Gasteiger partial charge in [0.2, 0.25) is 5.96 Å². The maximum absolute atomic E-state index is 10.1. The van der Waals surface area contributed by atoms with Crippen LogP contribution < -0.4 is 10.4 Å². The van der Waals surface area contributed by atoms with Crippen LogP contribution in [0.1, 0.15) is 0 Å². The van der Waals surface area contributed by atoms with Crippen molar-refractivity contribution in [2.24, 2.45) is 4.99 Å². The highest BCUT2D eigenvalue weighted by Gasteiger charge is 2.21. The average molecular weight is 270 g/mol. The Balaban J connectivity index is 2.14. The molecule has 0 atom stereocenters. The molecule has 0 bridgehead atoms. The van der Waals surface area contributed by atoms with E-state index in [0.717, 1.165) is 16.8 Å². The summed E-state index contributed by atoms with van der Waals surface area (Å²) in [5, 5.41) is 14.4. The Morgan fingerprint density at radius 1 is 1.41 bits per heavy atom. The van der Waals surface area contributed by atoms with E-state index < -0.39 is 0 Å². The van der Waals surface area contributed by atoms with Crippen LogP contribution in [0.2, 0.25) is 5.02 Å². The van der Waals surface area contributed by atoms with Crippen molar-refractivity contribution in [3.63, 3.8) is 0 Å². The molecule has 88 valence electrons. The van der Waals surface area contributed by atoms with Crippen molar-refractivity contribution in [2.75, 3.05) is 18.2 Å². The number of hydroxylamine groups is 1. The average Bonchev–Trinajstić information content (AvgIpc) is 2.98. The molecule has 1 aromatic carbocycles. The van der Waals surface area contributed by atoms with Gasteiger partial charge in [-0.3, -0.25) is 5.21 Å². The smallest absolute Gasteiger partial charge is 0.223 e. The molecule has 0 unspecified atom stereocenters. The van der Waals surface area contributed by atoms with Gasteiger partial charge in [0.15, 0.2) is 0 Å². The lowest BCUT2D eigenvalue weighted by Crippen LogP contribution is -2.36. The topological polar surface area (TPSA) is 73.6 Å². The van der Waals surface area contributed by atoms with Crippen LogP contribution in [0, 0.1) is 0 Å². The number of nitrogens with zero attached hydrogens (tertiary/aromatic N) is 4. The van der Waals surface area contributed by atoms with E-state index in [1.807, 2.05) is 0 Å². The molecule has 0 saturated heterocycles. The molecule has 0 spiro atoms. The molecule has 17 heavy (non-hydrogen) atoms. The molecule has 8 heteroatoms.